The monoisotopic (exact) mass is 247 g/mol. The van der Waals surface area contributed by atoms with Gasteiger partial charge in [-0.15, -0.1) is 0 Å². The normalized spacial score (nSPS) is 19.9. The molecule has 1 aromatic rings. The van der Waals surface area contributed by atoms with E-state index in [0.29, 0.717) is 6.04 Å². The topological polar surface area (TPSA) is 36.5 Å². The number of nitrogens with one attached hydrogen (secondary N) is 2. The van der Waals surface area contributed by atoms with Gasteiger partial charge in [-0.25, -0.2) is 0 Å². The molecule has 98 valence electrons. The largest absolute Gasteiger partial charge is 0.490 e. The maximum Gasteiger partial charge on any atom is 0.142 e. The second-order valence-corrected chi connectivity index (χ2v) is 5.01. The first-order valence-electron chi connectivity index (χ1n) is 6.80. The maximum absolute atomic E-state index is 5.61. The van der Waals surface area contributed by atoms with Crippen LogP contribution in [-0.2, 0) is 0 Å². The Hall–Kier alpha value is -1.42. The molecule has 2 aliphatic heterocycles. The molecule has 18 heavy (non-hydrogen) atoms. The molecule has 0 bridgehead atoms. The summed E-state index contributed by atoms with van der Waals surface area (Å²) in [6.07, 6.45) is 2.44. The van der Waals surface area contributed by atoms with Crippen LogP contribution in [0.5, 0.6) is 5.75 Å². The third kappa shape index (κ3) is 2.25. The van der Waals surface area contributed by atoms with Gasteiger partial charge >= 0.3 is 0 Å². The second kappa shape index (κ2) is 5.06. The fourth-order valence-corrected chi connectivity index (χ4v) is 2.75. The smallest absolute Gasteiger partial charge is 0.142 e. The van der Waals surface area contributed by atoms with Gasteiger partial charge in [0, 0.05) is 31.4 Å². The number of hydrogen-bond donors (Lipinski definition) is 2. The SMILES string of the molecule is CNC1CCN(c2ccc3c(c2)NCCO3)CC1. The molecule has 3 rings (SSSR count). The summed E-state index contributed by atoms with van der Waals surface area (Å²) >= 11 is 0. The zero-order chi connectivity index (χ0) is 12.4. The fourth-order valence-electron chi connectivity index (χ4n) is 2.75. The Labute approximate surface area is 108 Å². The minimum atomic E-state index is 0.681. The van der Waals surface area contributed by atoms with Crippen LogP contribution in [0.4, 0.5) is 11.4 Å². The zero-order valence-electron chi connectivity index (χ0n) is 10.9. The highest BCUT2D eigenvalue weighted by Gasteiger charge is 2.19. The molecule has 0 spiro atoms. The average Bonchev–Trinajstić information content (AvgIpc) is 2.47. The van der Waals surface area contributed by atoms with Gasteiger partial charge in [-0.2, -0.15) is 0 Å². The van der Waals surface area contributed by atoms with Crippen molar-refractivity contribution in [3.8, 4) is 5.75 Å². The van der Waals surface area contributed by atoms with E-state index in [2.05, 4.69) is 40.8 Å². The molecule has 0 radical (unpaired) electrons. The third-order valence-corrected chi connectivity index (χ3v) is 3.91. The molecule has 4 nitrogen and oxygen atoms in total. The van der Waals surface area contributed by atoms with Gasteiger partial charge in [0.2, 0.25) is 0 Å². The lowest BCUT2D eigenvalue weighted by atomic mass is 10.0. The second-order valence-electron chi connectivity index (χ2n) is 5.01. The van der Waals surface area contributed by atoms with E-state index in [0.717, 1.165) is 37.7 Å². The van der Waals surface area contributed by atoms with Crippen LogP contribution in [0.3, 0.4) is 0 Å². The molecular weight excluding hydrogens is 226 g/mol. The molecular formula is C14H21N3O. The van der Waals surface area contributed by atoms with Crippen molar-refractivity contribution >= 4 is 11.4 Å². The Morgan fingerprint density at radius 3 is 2.94 bits per heavy atom. The summed E-state index contributed by atoms with van der Waals surface area (Å²) in [6.45, 7) is 3.93. The van der Waals surface area contributed by atoms with Gasteiger partial charge in [-0.1, -0.05) is 0 Å². The minimum absolute atomic E-state index is 0.681. The van der Waals surface area contributed by atoms with Crippen LogP contribution in [0.2, 0.25) is 0 Å². The van der Waals surface area contributed by atoms with Crippen molar-refractivity contribution in [1.82, 2.24) is 5.32 Å². The van der Waals surface area contributed by atoms with E-state index in [9.17, 15) is 0 Å². The van der Waals surface area contributed by atoms with Crippen LogP contribution in [-0.4, -0.2) is 39.3 Å². The van der Waals surface area contributed by atoms with Crippen molar-refractivity contribution in [3.63, 3.8) is 0 Å². The van der Waals surface area contributed by atoms with Gasteiger partial charge < -0.3 is 20.3 Å². The number of ether oxygens (including phenoxy) is 1. The first-order valence-corrected chi connectivity index (χ1v) is 6.80. The van der Waals surface area contributed by atoms with Gasteiger partial charge in [-0.3, -0.25) is 0 Å². The highest BCUT2D eigenvalue weighted by molar-refractivity contribution is 5.66. The molecule has 1 aromatic carbocycles. The molecule has 0 aromatic heterocycles. The van der Waals surface area contributed by atoms with Gasteiger partial charge in [0.15, 0.2) is 0 Å². The highest BCUT2D eigenvalue weighted by atomic mass is 16.5. The average molecular weight is 247 g/mol. The predicted molar refractivity (Wildman–Crippen MR) is 74.7 cm³/mol. The maximum atomic E-state index is 5.61. The summed E-state index contributed by atoms with van der Waals surface area (Å²) in [5, 5.41) is 6.76. The van der Waals surface area contributed by atoms with Crippen LogP contribution in [0, 0.1) is 0 Å². The van der Waals surface area contributed by atoms with E-state index < -0.39 is 0 Å². The summed E-state index contributed by atoms with van der Waals surface area (Å²) in [5.41, 5.74) is 2.44. The number of rotatable bonds is 2. The molecule has 2 heterocycles. The van der Waals surface area contributed by atoms with Crippen LogP contribution in [0.25, 0.3) is 0 Å². The lowest BCUT2D eigenvalue weighted by molar-refractivity contribution is 0.323. The van der Waals surface area contributed by atoms with E-state index >= 15 is 0 Å². The quantitative estimate of drug-likeness (QED) is 0.833. The number of nitrogens with zero attached hydrogens (tertiary/aromatic N) is 1. The summed E-state index contributed by atoms with van der Waals surface area (Å²) in [4.78, 5) is 2.46. The van der Waals surface area contributed by atoms with Gasteiger partial charge in [0.05, 0.1) is 5.69 Å². The Morgan fingerprint density at radius 1 is 1.33 bits per heavy atom. The van der Waals surface area contributed by atoms with Crippen molar-refractivity contribution in [1.29, 1.82) is 0 Å². The van der Waals surface area contributed by atoms with E-state index in [4.69, 9.17) is 4.74 Å². The summed E-state index contributed by atoms with van der Waals surface area (Å²) in [5.74, 6) is 0.982. The van der Waals surface area contributed by atoms with Crippen molar-refractivity contribution < 1.29 is 4.74 Å². The van der Waals surface area contributed by atoms with Crippen molar-refractivity contribution in [2.75, 3.05) is 43.5 Å². The summed E-state index contributed by atoms with van der Waals surface area (Å²) in [6, 6.07) is 7.15. The van der Waals surface area contributed by atoms with E-state index in [1.807, 2.05) is 0 Å². The van der Waals surface area contributed by atoms with Crippen LogP contribution in [0.1, 0.15) is 12.8 Å². The van der Waals surface area contributed by atoms with E-state index in [-0.39, 0.29) is 0 Å². The fraction of sp³-hybridized carbons (Fsp3) is 0.571. The number of piperidine rings is 1. The molecule has 1 fully saturated rings. The lowest BCUT2D eigenvalue weighted by Crippen LogP contribution is -2.41. The zero-order valence-corrected chi connectivity index (χ0v) is 10.9. The number of anilines is 2. The molecule has 2 N–H and O–H groups in total. The molecule has 0 saturated carbocycles. The molecule has 2 aliphatic rings. The first-order chi connectivity index (χ1) is 8.86. The highest BCUT2D eigenvalue weighted by Crippen LogP contribution is 2.32. The first kappa shape index (κ1) is 11.7. The Balaban J connectivity index is 1.73. The minimum Gasteiger partial charge on any atom is -0.490 e. The lowest BCUT2D eigenvalue weighted by Gasteiger charge is -2.34. The van der Waals surface area contributed by atoms with E-state index in [1.54, 1.807) is 0 Å². The van der Waals surface area contributed by atoms with Crippen molar-refractivity contribution in [2.45, 2.75) is 18.9 Å². The number of benzene rings is 1. The third-order valence-electron chi connectivity index (χ3n) is 3.91. The Bertz CT molecular complexity index is 414. The Morgan fingerprint density at radius 2 is 2.17 bits per heavy atom. The van der Waals surface area contributed by atoms with Crippen LogP contribution < -0.4 is 20.3 Å². The number of fused-ring (bicyclic) bond motifs is 1. The number of hydrogen-bond acceptors (Lipinski definition) is 4. The van der Waals surface area contributed by atoms with Crippen molar-refractivity contribution in [2.24, 2.45) is 0 Å². The molecule has 0 aliphatic carbocycles. The summed E-state index contributed by atoms with van der Waals surface area (Å²) in [7, 11) is 2.06. The molecule has 0 amide bonds. The summed E-state index contributed by atoms with van der Waals surface area (Å²) < 4.78 is 5.61. The standard InChI is InChI=1S/C14H21N3O/c1-15-11-4-7-17(8-5-11)12-2-3-14-13(10-12)16-6-9-18-14/h2-3,10-11,15-16H,4-9H2,1H3. The predicted octanol–water partition coefficient (Wildman–Crippen LogP) is 1.68. The molecule has 4 heteroatoms. The Kier molecular flexibility index (Phi) is 3.28. The van der Waals surface area contributed by atoms with Crippen LogP contribution in [0.15, 0.2) is 18.2 Å². The van der Waals surface area contributed by atoms with Crippen LogP contribution >= 0.6 is 0 Å². The molecule has 0 atom stereocenters. The van der Waals surface area contributed by atoms with Gasteiger partial charge in [0.25, 0.3) is 0 Å². The van der Waals surface area contributed by atoms with Gasteiger partial charge in [0.1, 0.15) is 12.4 Å². The van der Waals surface area contributed by atoms with Crippen molar-refractivity contribution in [3.05, 3.63) is 18.2 Å². The van der Waals surface area contributed by atoms with Gasteiger partial charge in [-0.05, 0) is 38.1 Å². The molecule has 1 saturated heterocycles. The van der Waals surface area contributed by atoms with E-state index in [1.165, 1.54) is 18.5 Å². The molecule has 0 unspecified atom stereocenters.